The number of benzene rings is 1. The van der Waals surface area contributed by atoms with E-state index in [0.29, 0.717) is 10.7 Å². The third kappa shape index (κ3) is 4.36. The summed E-state index contributed by atoms with van der Waals surface area (Å²) in [5, 5.41) is 14.0. The van der Waals surface area contributed by atoms with Gasteiger partial charge in [0, 0.05) is 18.1 Å². The van der Waals surface area contributed by atoms with Crippen molar-refractivity contribution in [2.45, 2.75) is 18.9 Å². The molecule has 0 radical (unpaired) electrons. The third-order valence-electron chi connectivity index (χ3n) is 3.30. The van der Waals surface area contributed by atoms with E-state index in [1.807, 2.05) is 0 Å². The first-order valence-electron chi connectivity index (χ1n) is 7.08. The van der Waals surface area contributed by atoms with Crippen LogP contribution in [0, 0.1) is 5.82 Å². The molecule has 0 fully saturated rings. The van der Waals surface area contributed by atoms with Crippen LogP contribution < -0.4 is 5.32 Å². The summed E-state index contributed by atoms with van der Waals surface area (Å²) in [6, 6.07) is 5.90. The standard InChI is InChI=1S/C16H17FN2O4S/c1-16(9-23-2,15(21)22)19-13(20)7-12-8-24-14(18-12)10-3-5-11(17)6-4-10/h3-6,8H,7,9H2,1-2H3,(H,19,20)(H,21,22). The number of methoxy groups -OCH3 is 1. The van der Waals surface area contributed by atoms with Crippen molar-refractivity contribution in [3.8, 4) is 10.6 Å². The zero-order valence-electron chi connectivity index (χ0n) is 13.2. The second kappa shape index (κ2) is 7.50. The largest absolute Gasteiger partial charge is 0.479 e. The summed E-state index contributed by atoms with van der Waals surface area (Å²) in [6.45, 7) is 1.23. The maximum absolute atomic E-state index is 12.9. The van der Waals surface area contributed by atoms with E-state index >= 15 is 0 Å². The van der Waals surface area contributed by atoms with Gasteiger partial charge < -0.3 is 15.2 Å². The first-order valence-corrected chi connectivity index (χ1v) is 7.96. The molecule has 1 aromatic heterocycles. The number of carboxylic acids is 1. The minimum absolute atomic E-state index is 0.0513. The van der Waals surface area contributed by atoms with E-state index in [0.717, 1.165) is 5.56 Å². The van der Waals surface area contributed by atoms with Crippen LogP contribution in [0.3, 0.4) is 0 Å². The van der Waals surface area contributed by atoms with E-state index in [-0.39, 0.29) is 18.8 Å². The normalized spacial score (nSPS) is 13.3. The molecule has 0 saturated carbocycles. The molecule has 0 aliphatic carbocycles. The maximum Gasteiger partial charge on any atom is 0.331 e. The second-order valence-electron chi connectivity index (χ2n) is 5.45. The Labute approximate surface area is 142 Å². The molecule has 0 aliphatic heterocycles. The van der Waals surface area contributed by atoms with Gasteiger partial charge in [-0.3, -0.25) is 4.79 Å². The zero-order chi connectivity index (χ0) is 17.7. The minimum atomic E-state index is -1.50. The molecule has 2 N–H and O–H groups in total. The van der Waals surface area contributed by atoms with Crippen LogP contribution in [-0.4, -0.2) is 41.2 Å². The van der Waals surface area contributed by atoms with Gasteiger partial charge in [-0.25, -0.2) is 14.2 Å². The van der Waals surface area contributed by atoms with E-state index in [2.05, 4.69) is 10.3 Å². The van der Waals surface area contributed by atoms with Crippen molar-refractivity contribution in [2.75, 3.05) is 13.7 Å². The molecule has 1 unspecified atom stereocenters. The fourth-order valence-corrected chi connectivity index (χ4v) is 2.90. The molecule has 1 aromatic carbocycles. The Morgan fingerprint density at radius 3 is 2.62 bits per heavy atom. The quantitative estimate of drug-likeness (QED) is 0.797. The number of aromatic nitrogens is 1. The van der Waals surface area contributed by atoms with E-state index in [4.69, 9.17) is 4.74 Å². The van der Waals surface area contributed by atoms with Gasteiger partial charge in [0.25, 0.3) is 0 Å². The summed E-state index contributed by atoms with van der Waals surface area (Å²) < 4.78 is 17.8. The van der Waals surface area contributed by atoms with Gasteiger partial charge in [-0.05, 0) is 31.2 Å². The van der Waals surface area contributed by atoms with Crippen molar-refractivity contribution >= 4 is 23.2 Å². The topological polar surface area (TPSA) is 88.5 Å². The number of nitrogens with one attached hydrogen (secondary N) is 1. The van der Waals surface area contributed by atoms with Gasteiger partial charge in [-0.15, -0.1) is 11.3 Å². The molecule has 1 heterocycles. The molecule has 1 atom stereocenters. The molecule has 128 valence electrons. The fraction of sp³-hybridized carbons (Fsp3) is 0.312. The lowest BCUT2D eigenvalue weighted by Gasteiger charge is -2.25. The van der Waals surface area contributed by atoms with Crippen LogP contribution in [0.5, 0.6) is 0 Å². The summed E-state index contributed by atoms with van der Waals surface area (Å²) in [7, 11) is 1.36. The van der Waals surface area contributed by atoms with E-state index in [9.17, 15) is 19.1 Å². The van der Waals surface area contributed by atoms with E-state index < -0.39 is 17.4 Å². The number of thiazole rings is 1. The zero-order valence-corrected chi connectivity index (χ0v) is 14.0. The van der Waals surface area contributed by atoms with Crippen molar-refractivity contribution in [3.05, 3.63) is 41.2 Å². The van der Waals surface area contributed by atoms with Gasteiger partial charge in [0.05, 0.1) is 18.7 Å². The molecule has 6 nitrogen and oxygen atoms in total. The third-order valence-corrected chi connectivity index (χ3v) is 4.25. The molecular weight excluding hydrogens is 335 g/mol. The average molecular weight is 352 g/mol. The number of aliphatic carboxylic acids is 1. The number of amides is 1. The van der Waals surface area contributed by atoms with Crippen LogP contribution in [0.2, 0.25) is 0 Å². The highest BCUT2D eigenvalue weighted by Gasteiger charge is 2.35. The van der Waals surface area contributed by atoms with Crippen molar-refractivity contribution in [1.29, 1.82) is 0 Å². The van der Waals surface area contributed by atoms with Crippen LogP contribution >= 0.6 is 11.3 Å². The molecule has 1 amide bonds. The number of rotatable bonds is 7. The Balaban J connectivity index is 2.05. The summed E-state index contributed by atoms with van der Waals surface area (Å²) in [4.78, 5) is 27.7. The maximum atomic E-state index is 12.9. The number of nitrogens with zero attached hydrogens (tertiary/aromatic N) is 1. The first-order chi connectivity index (χ1) is 11.3. The predicted molar refractivity (Wildman–Crippen MR) is 87.3 cm³/mol. The van der Waals surface area contributed by atoms with Crippen LogP contribution in [-0.2, 0) is 20.7 Å². The Morgan fingerprint density at radius 2 is 2.04 bits per heavy atom. The lowest BCUT2D eigenvalue weighted by molar-refractivity contribution is -0.149. The van der Waals surface area contributed by atoms with Crippen LogP contribution in [0.4, 0.5) is 4.39 Å². The summed E-state index contributed by atoms with van der Waals surface area (Å²) in [5.74, 6) is -1.98. The molecule has 8 heteroatoms. The lowest BCUT2D eigenvalue weighted by Crippen LogP contribution is -2.55. The Bertz CT molecular complexity index is 732. The molecule has 0 spiro atoms. The molecule has 2 aromatic rings. The van der Waals surface area contributed by atoms with Gasteiger partial charge in [0.2, 0.25) is 5.91 Å². The van der Waals surface area contributed by atoms with Crippen LogP contribution in [0.1, 0.15) is 12.6 Å². The van der Waals surface area contributed by atoms with Gasteiger partial charge >= 0.3 is 5.97 Å². The van der Waals surface area contributed by atoms with Crippen molar-refractivity contribution in [2.24, 2.45) is 0 Å². The van der Waals surface area contributed by atoms with Gasteiger partial charge in [-0.2, -0.15) is 0 Å². The lowest BCUT2D eigenvalue weighted by atomic mass is 10.0. The monoisotopic (exact) mass is 352 g/mol. The Kier molecular flexibility index (Phi) is 5.63. The highest BCUT2D eigenvalue weighted by atomic mass is 32.1. The highest BCUT2D eigenvalue weighted by Crippen LogP contribution is 2.24. The Hall–Kier alpha value is -2.32. The Morgan fingerprint density at radius 1 is 1.38 bits per heavy atom. The van der Waals surface area contributed by atoms with E-state index in [1.54, 1.807) is 17.5 Å². The predicted octanol–water partition coefficient (Wildman–Crippen LogP) is 2.10. The van der Waals surface area contributed by atoms with Crippen LogP contribution in [0.15, 0.2) is 29.6 Å². The number of carbonyl (C=O) groups excluding carboxylic acids is 1. The number of hydrogen-bond donors (Lipinski definition) is 2. The first kappa shape index (κ1) is 18.0. The average Bonchev–Trinajstić information content (AvgIpc) is 2.96. The van der Waals surface area contributed by atoms with Gasteiger partial charge in [0.1, 0.15) is 10.8 Å². The molecule has 0 aliphatic rings. The number of halogens is 1. The molecule has 0 bridgehead atoms. The van der Waals surface area contributed by atoms with Gasteiger partial charge in [0.15, 0.2) is 5.54 Å². The number of hydrogen-bond acceptors (Lipinski definition) is 5. The molecular formula is C16H17FN2O4S. The van der Waals surface area contributed by atoms with Gasteiger partial charge in [-0.1, -0.05) is 0 Å². The number of ether oxygens (including phenoxy) is 1. The van der Waals surface area contributed by atoms with Crippen molar-refractivity contribution in [3.63, 3.8) is 0 Å². The second-order valence-corrected chi connectivity index (χ2v) is 6.30. The van der Waals surface area contributed by atoms with E-state index in [1.165, 1.54) is 37.5 Å². The number of carbonyl (C=O) groups is 2. The SMILES string of the molecule is COCC(C)(NC(=O)Cc1csc(-c2ccc(F)cc2)n1)C(=O)O. The van der Waals surface area contributed by atoms with Crippen molar-refractivity contribution < 1.29 is 23.8 Å². The summed E-state index contributed by atoms with van der Waals surface area (Å²) in [5.41, 5.74) is -0.230. The molecule has 0 saturated heterocycles. The minimum Gasteiger partial charge on any atom is -0.479 e. The molecule has 2 rings (SSSR count). The smallest absolute Gasteiger partial charge is 0.331 e. The summed E-state index contributed by atoms with van der Waals surface area (Å²) >= 11 is 1.33. The highest BCUT2D eigenvalue weighted by molar-refractivity contribution is 7.13. The number of carboxylic acid groups (broad SMARTS) is 1. The fourth-order valence-electron chi connectivity index (χ4n) is 2.07. The van der Waals surface area contributed by atoms with Crippen molar-refractivity contribution in [1.82, 2.24) is 10.3 Å². The summed E-state index contributed by atoms with van der Waals surface area (Å²) in [6.07, 6.45) is -0.0513. The molecule has 24 heavy (non-hydrogen) atoms. The van der Waals surface area contributed by atoms with Crippen LogP contribution in [0.25, 0.3) is 10.6 Å².